The minimum Gasteiger partial charge on any atom is -0.409 e. The molecule has 1 aromatic rings. The van der Waals surface area contributed by atoms with E-state index in [9.17, 15) is 13.2 Å². The minimum atomic E-state index is -4.55. The molecule has 1 aliphatic rings. The molecule has 6 nitrogen and oxygen atoms in total. The Morgan fingerprint density at radius 3 is 2.55 bits per heavy atom. The normalized spacial score (nSPS) is 17.4. The summed E-state index contributed by atoms with van der Waals surface area (Å²) in [5, 5.41) is 11.5. The Labute approximate surface area is 112 Å². The number of nitrogens with zero attached hydrogens (tertiary/aromatic N) is 3. The van der Waals surface area contributed by atoms with Crippen molar-refractivity contribution in [3.05, 3.63) is 23.4 Å². The molecule has 1 aliphatic heterocycles. The zero-order chi connectivity index (χ0) is 14.8. The highest BCUT2D eigenvalue weighted by Gasteiger charge is 2.34. The third-order valence-electron chi connectivity index (χ3n) is 2.86. The molecule has 0 aliphatic carbocycles. The van der Waals surface area contributed by atoms with E-state index >= 15 is 0 Å². The van der Waals surface area contributed by atoms with Crippen LogP contribution in [0.2, 0.25) is 0 Å². The number of morpholine rings is 1. The fraction of sp³-hybridized carbons (Fsp3) is 0.455. The standard InChI is InChI=1S/C11H13F3N4O2/c12-11(13,14)8-2-1-7(9(15)17-19)10(16-8)18-3-5-20-6-4-18/h1-2,19H,3-6H2,(H2,15,17). The summed E-state index contributed by atoms with van der Waals surface area (Å²) >= 11 is 0. The van der Waals surface area contributed by atoms with Crippen molar-refractivity contribution < 1.29 is 23.1 Å². The van der Waals surface area contributed by atoms with E-state index in [4.69, 9.17) is 15.7 Å². The van der Waals surface area contributed by atoms with E-state index in [2.05, 4.69) is 10.1 Å². The van der Waals surface area contributed by atoms with E-state index in [1.807, 2.05) is 0 Å². The van der Waals surface area contributed by atoms with Gasteiger partial charge in [-0.2, -0.15) is 13.2 Å². The van der Waals surface area contributed by atoms with Crippen LogP contribution in [0.5, 0.6) is 0 Å². The van der Waals surface area contributed by atoms with E-state index < -0.39 is 11.9 Å². The van der Waals surface area contributed by atoms with E-state index in [0.717, 1.165) is 12.1 Å². The number of amidine groups is 1. The van der Waals surface area contributed by atoms with Gasteiger partial charge in [0, 0.05) is 13.1 Å². The zero-order valence-electron chi connectivity index (χ0n) is 10.4. The molecule has 0 atom stereocenters. The average molecular weight is 290 g/mol. The summed E-state index contributed by atoms with van der Waals surface area (Å²) in [5.41, 5.74) is 4.62. The molecule has 0 bridgehead atoms. The molecule has 0 amide bonds. The van der Waals surface area contributed by atoms with Crippen molar-refractivity contribution in [1.29, 1.82) is 0 Å². The second-order valence-electron chi connectivity index (χ2n) is 4.15. The number of halogens is 3. The molecule has 1 aromatic heterocycles. The second kappa shape index (κ2) is 5.53. The van der Waals surface area contributed by atoms with E-state index in [0.29, 0.717) is 26.3 Å². The van der Waals surface area contributed by atoms with Gasteiger partial charge in [0.2, 0.25) is 0 Å². The van der Waals surface area contributed by atoms with Gasteiger partial charge in [-0.3, -0.25) is 0 Å². The Bertz CT molecular complexity index is 513. The van der Waals surface area contributed by atoms with Crippen LogP contribution < -0.4 is 10.6 Å². The van der Waals surface area contributed by atoms with E-state index in [-0.39, 0.29) is 17.2 Å². The van der Waals surface area contributed by atoms with Gasteiger partial charge in [0.05, 0.1) is 18.8 Å². The summed E-state index contributed by atoms with van der Waals surface area (Å²) in [4.78, 5) is 5.23. The van der Waals surface area contributed by atoms with Crippen molar-refractivity contribution >= 4 is 11.7 Å². The van der Waals surface area contributed by atoms with Gasteiger partial charge in [-0.15, -0.1) is 0 Å². The number of anilines is 1. The van der Waals surface area contributed by atoms with Crippen LogP contribution in [0.25, 0.3) is 0 Å². The van der Waals surface area contributed by atoms with Crippen molar-refractivity contribution in [2.45, 2.75) is 6.18 Å². The van der Waals surface area contributed by atoms with Crippen LogP contribution in [0, 0.1) is 0 Å². The van der Waals surface area contributed by atoms with Gasteiger partial charge in [0.25, 0.3) is 0 Å². The van der Waals surface area contributed by atoms with Crippen LogP contribution in [0.4, 0.5) is 19.0 Å². The number of aromatic nitrogens is 1. The van der Waals surface area contributed by atoms with Gasteiger partial charge >= 0.3 is 6.18 Å². The summed E-state index contributed by atoms with van der Waals surface area (Å²) in [6.45, 7) is 1.54. The molecule has 9 heteroatoms. The highest BCUT2D eigenvalue weighted by atomic mass is 19.4. The highest BCUT2D eigenvalue weighted by Crippen LogP contribution is 2.30. The molecule has 2 heterocycles. The molecule has 20 heavy (non-hydrogen) atoms. The number of nitrogens with two attached hydrogens (primary N) is 1. The lowest BCUT2D eigenvalue weighted by Gasteiger charge is -2.29. The maximum atomic E-state index is 12.7. The summed E-state index contributed by atoms with van der Waals surface area (Å²) in [7, 11) is 0. The lowest BCUT2D eigenvalue weighted by molar-refractivity contribution is -0.141. The fourth-order valence-corrected chi connectivity index (χ4v) is 1.88. The number of hydrogen-bond donors (Lipinski definition) is 2. The Balaban J connectivity index is 2.47. The number of pyridine rings is 1. The predicted octanol–water partition coefficient (Wildman–Crippen LogP) is 1.03. The first-order chi connectivity index (χ1) is 9.43. The van der Waals surface area contributed by atoms with Crippen molar-refractivity contribution in [2.24, 2.45) is 10.9 Å². The molecule has 1 saturated heterocycles. The van der Waals surface area contributed by atoms with Crippen LogP contribution in [0.15, 0.2) is 17.3 Å². The number of rotatable bonds is 2. The highest BCUT2D eigenvalue weighted by molar-refractivity contribution is 6.01. The molecule has 2 rings (SSSR count). The summed E-state index contributed by atoms with van der Waals surface area (Å²) in [5.74, 6) is -0.244. The first kappa shape index (κ1) is 14.4. The molecule has 1 fully saturated rings. The van der Waals surface area contributed by atoms with Crippen LogP contribution in [0.1, 0.15) is 11.3 Å². The van der Waals surface area contributed by atoms with Gasteiger partial charge in [0.1, 0.15) is 11.5 Å². The lowest BCUT2D eigenvalue weighted by Crippen LogP contribution is -2.38. The lowest BCUT2D eigenvalue weighted by atomic mass is 10.2. The first-order valence-corrected chi connectivity index (χ1v) is 5.82. The third kappa shape index (κ3) is 2.93. The summed E-state index contributed by atoms with van der Waals surface area (Å²) < 4.78 is 43.3. The number of alkyl halides is 3. The molecule has 0 radical (unpaired) electrons. The Kier molecular flexibility index (Phi) is 3.98. The van der Waals surface area contributed by atoms with Gasteiger partial charge in [-0.1, -0.05) is 5.16 Å². The van der Waals surface area contributed by atoms with Crippen LogP contribution in [-0.2, 0) is 10.9 Å². The number of oxime groups is 1. The third-order valence-corrected chi connectivity index (χ3v) is 2.86. The summed E-state index contributed by atoms with van der Waals surface area (Å²) in [6, 6.07) is 1.95. The maximum absolute atomic E-state index is 12.7. The van der Waals surface area contributed by atoms with E-state index in [1.54, 1.807) is 4.90 Å². The van der Waals surface area contributed by atoms with Crippen LogP contribution in [-0.4, -0.2) is 42.3 Å². The zero-order valence-corrected chi connectivity index (χ0v) is 10.4. The monoisotopic (exact) mass is 290 g/mol. The van der Waals surface area contributed by atoms with Crippen molar-refractivity contribution in [3.8, 4) is 0 Å². The van der Waals surface area contributed by atoms with Crippen LogP contribution >= 0.6 is 0 Å². The van der Waals surface area contributed by atoms with Crippen molar-refractivity contribution in [3.63, 3.8) is 0 Å². The smallest absolute Gasteiger partial charge is 0.409 e. The molecule has 0 unspecified atom stereocenters. The molecular weight excluding hydrogens is 277 g/mol. The first-order valence-electron chi connectivity index (χ1n) is 5.82. The van der Waals surface area contributed by atoms with Crippen molar-refractivity contribution in [1.82, 2.24) is 4.98 Å². The van der Waals surface area contributed by atoms with Gasteiger partial charge in [-0.25, -0.2) is 4.98 Å². The quantitative estimate of drug-likeness (QED) is 0.368. The molecule has 0 saturated carbocycles. The van der Waals surface area contributed by atoms with Gasteiger partial charge in [0.15, 0.2) is 5.84 Å². The maximum Gasteiger partial charge on any atom is 0.433 e. The molecule has 0 spiro atoms. The Morgan fingerprint density at radius 1 is 1.35 bits per heavy atom. The summed E-state index contributed by atoms with van der Waals surface area (Å²) in [6.07, 6.45) is -4.55. The largest absolute Gasteiger partial charge is 0.433 e. The minimum absolute atomic E-state index is 0.0402. The fourth-order valence-electron chi connectivity index (χ4n) is 1.88. The molecule has 0 aromatic carbocycles. The van der Waals surface area contributed by atoms with E-state index in [1.165, 1.54) is 0 Å². The number of hydrogen-bond acceptors (Lipinski definition) is 5. The van der Waals surface area contributed by atoms with Gasteiger partial charge < -0.3 is 20.6 Å². The molecule has 3 N–H and O–H groups in total. The van der Waals surface area contributed by atoms with Crippen molar-refractivity contribution in [2.75, 3.05) is 31.2 Å². The Morgan fingerprint density at radius 2 is 2.00 bits per heavy atom. The predicted molar refractivity (Wildman–Crippen MR) is 64.8 cm³/mol. The molecule has 110 valence electrons. The molecular formula is C11H13F3N4O2. The Hall–Kier alpha value is -2.03. The SMILES string of the molecule is NC(=NO)c1ccc(C(F)(F)F)nc1N1CCOCC1. The average Bonchev–Trinajstić information content (AvgIpc) is 2.46. The second-order valence-corrected chi connectivity index (χ2v) is 4.15. The number of ether oxygens (including phenoxy) is 1. The van der Waals surface area contributed by atoms with Crippen LogP contribution in [0.3, 0.4) is 0 Å². The topological polar surface area (TPSA) is 84.0 Å². The van der Waals surface area contributed by atoms with Gasteiger partial charge in [-0.05, 0) is 12.1 Å².